The smallest absolute Gasteiger partial charge is 0.294 e. The van der Waals surface area contributed by atoms with Gasteiger partial charge in [-0.2, -0.15) is 0 Å². The highest BCUT2D eigenvalue weighted by molar-refractivity contribution is 7.80. The summed E-state index contributed by atoms with van der Waals surface area (Å²) >= 11 is 4.79. The van der Waals surface area contributed by atoms with E-state index in [9.17, 15) is 4.79 Å². The number of thiocarbonyl (C=S) groups is 1. The molecule has 2 aliphatic rings. The van der Waals surface area contributed by atoms with Gasteiger partial charge in [-0.1, -0.05) is 43.2 Å². The van der Waals surface area contributed by atoms with Crippen molar-refractivity contribution in [3.05, 3.63) is 46.8 Å². The Morgan fingerprint density at radius 1 is 1.41 bits per heavy atom. The van der Waals surface area contributed by atoms with E-state index in [-0.39, 0.29) is 22.3 Å². The number of amides is 1. The van der Waals surface area contributed by atoms with E-state index in [0.717, 1.165) is 5.57 Å². The Kier molecular flexibility index (Phi) is 5.01. The highest BCUT2D eigenvalue weighted by atomic mass is 32.1. The monoisotopic (exact) mass is 317 g/mol. The molecule has 0 aromatic carbocycles. The van der Waals surface area contributed by atoms with Crippen LogP contribution in [-0.4, -0.2) is 11.1 Å². The zero-order valence-corrected chi connectivity index (χ0v) is 14.5. The summed E-state index contributed by atoms with van der Waals surface area (Å²) in [6.45, 7) is 8.83. The molecule has 1 aliphatic heterocycles. The average Bonchev–Trinajstić information content (AvgIpc) is 2.73. The van der Waals surface area contributed by atoms with Gasteiger partial charge in [0.1, 0.15) is 0 Å². The van der Waals surface area contributed by atoms with Crippen molar-refractivity contribution in [1.82, 2.24) is 5.32 Å². The molecule has 0 aromatic rings. The lowest BCUT2D eigenvalue weighted by Crippen LogP contribution is -2.19. The summed E-state index contributed by atoms with van der Waals surface area (Å²) in [6.07, 6.45) is 11.5. The molecule has 1 saturated heterocycles. The number of carbonyl (C=O) groups excluding carboxylic acids is 1. The molecule has 1 fully saturated rings. The second-order valence-electron chi connectivity index (χ2n) is 6.55. The molecule has 0 spiro atoms. The minimum Gasteiger partial charge on any atom is -0.426 e. The Hall–Kier alpha value is -1.68. The first-order valence-corrected chi connectivity index (χ1v) is 8.00. The number of hydrogen-bond acceptors (Lipinski definition) is 3. The summed E-state index contributed by atoms with van der Waals surface area (Å²) in [5, 5.41) is 2.55. The van der Waals surface area contributed by atoms with Crippen molar-refractivity contribution in [3.63, 3.8) is 0 Å². The highest BCUT2D eigenvalue weighted by Gasteiger charge is 2.26. The van der Waals surface area contributed by atoms with Gasteiger partial charge in [0.05, 0.1) is 0 Å². The van der Waals surface area contributed by atoms with E-state index in [1.54, 1.807) is 6.08 Å². The second kappa shape index (κ2) is 6.61. The summed E-state index contributed by atoms with van der Waals surface area (Å²) in [7, 11) is 0. The molecule has 1 heterocycles. The fourth-order valence-corrected chi connectivity index (χ4v) is 3.11. The van der Waals surface area contributed by atoms with Crippen molar-refractivity contribution in [3.8, 4) is 0 Å². The standard InChI is InChI=1S/C18H23NO2S/c1-12(8-10-15-16(20)19-17(22)21-15)7-9-14-13(2)6-5-11-18(14,3)4/h7-10H,5-6,11H2,1-4H3,(H,19,20,22). The Balaban J connectivity index is 2.13. The molecule has 3 nitrogen and oxygen atoms in total. The largest absolute Gasteiger partial charge is 0.426 e. The molecule has 22 heavy (non-hydrogen) atoms. The molecule has 1 N–H and O–H groups in total. The van der Waals surface area contributed by atoms with Crippen LogP contribution in [0.4, 0.5) is 0 Å². The van der Waals surface area contributed by atoms with Crippen molar-refractivity contribution < 1.29 is 9.53 Å². The maximum absolute atomic E-state index is 11.5. The first kappa shape index (κ1) is 16.7. The topological polar surface area (TPSA) is 38.3 Å². The molecular formula is C18H23NO2S. The van der Waals surface area contributed by atoms with E-state index in [2.05, 4.69) is 38.2 Å². The summed E-state index contributed by atoms with van der Waals surface area (Å²) < 4.78 is 5.12. The van der Waals surface area contributed by atoms with Crippen molar-refractivity contribution in [2.24, 2.45) is 5.41 Å². The predicted octanol–water partition coefficient (Wildman–Crippen LogP) is 4.33. The van der Waals surface area contributed by atoms with Crippen LogP contribution in [-0.2, 0) is 9.53 Å². The predicted molar refractivity (Wildman–Crippen MR) is 93.1 cm³/mol. The average molecular weight is 317 g/mol. The van der Waals surface area contributed by atoms with Crippen LogP contribution in [0.3, 0.4) is 0 Å². The molecule has 0 unspecified atom stereocenters. The van der Waals surface area contributed by atoms with Gasteiger partial charge in [0, 0.05) is 0 Å². The van der Waals surface area contributed by atoms with E-state index in [4.69, 9.17) is 17.0 Å². The lowest BCUT2D eigenvalue weighted by molar-refractivity contribution is -0.116. The van der Waals surface area contributed by atoms with Crippen molar-refractivity contribution in [2.45, 2.75) is 47.0 Å². The lowest BCUT2D eigenvalue weighted by atomic mass is 9.72. The zero-order valence-electron chi connectivity index (χ0n) is 13.7. The van der Waals surface area contributed by atoms with Crippen LogP contribution in [0.25, 0.3) is 0 Å². The van der Waals surface area contributed by atoms with E-state index < -0.39 is 0 Å². The zero-order chi connectivity index (χ0) is 16.3. The maximum Gasteiger partial charge on any atom is 0.294 e. The van der Waals surface area contributed by atoms with Gasteiger partial charge in [-0.25, -0.2) is 0 Å². The fourth-order valence-electron chi connectivity index (χ4n) is 2.92. The molecule has 4 heteroatoms. The molecule has 0 saturated carbocycles. The normalized spacial score (nSPS) is 24.2. The van der Waals surface area contributed by atoms with E-state index in [1.165, 1.54) is 30.4 Å². The highest BCUT2D eigenvalue weighted by Crippen LogP contribution is 2.40. The summed E-state index contributed by atoms with van der Waals surface area (Å²) in [6, 6.07) is 0. The van der Waals surface area contributed by atoms with E-state index in [0.29, 0.717) is 0 Å². The third kappa shape index (κ3) is 3.95. The maximum atomic E-state index is 11.5. The van der Waals surface area contributed by atoms with Gasteiger partial charge in [0.25, 0.3) is 11.1 Å². The number of carbonyl (C=O) groups is 1. The number of nitrogens with one attached hydrogen (secondary N) is 1. The van der Waals surface area contributed by atoms with Gasteiger partial charge in [-0.15, -0.1) is 0 Å². The first-order chi connectivity index (χ1) is 10.3. The minimum absolute atomic E-state index is 0.114. The molecule has 0 aromatic heterocycles. The molecule has 1 aliphatic carbocycles. The lowest BCUT2D eigenvalue weighted by Gasteiger charge is -2.32. The van der Waals surface area contributed by atoms with Crippen LogP contribution >= 0.6 is 12.2 Å². The molecule has 0 radical (unpaired) electrons. The van der Waals surface area contributed by atoms with Crippen LogP contribution in [0, 0.1) is 5.41 Å². The summed E-state index contributed by atoms with van der Waals surface area (Å²) in [5.41, 5.74) is 4.19. The second-order valence-corrected chi connectivity index (χ2v) is 6.92. The summed E-state index contributed by atoms with van der Waals surface area (Å²) in [5.74, 6) is -0.0452. The Labute approximate surface area is 137 Å². The SMILES string of the molecule is CC(C=CC1=C(C)CCCC1(C)C)=CC=C1OC(=S)NC1=O. The third-order valence-corrected chi connectivity index (χ3v) is 4.38. The van der Waals surface area contributed by atoms with Crippen LogP contribution in [0.2, 0.25) is 0 Å². The molecule has 2 rings (SSSR count). The Morgan fingerprint density at radius 2 is 2.14 bits per heavy atom. The number of allylic oxidation sites excluding steroid dienone is 7. The van der Waals surface area contributed by atoms with E-state index in [1.807, 2.05) is 13.0 Å². The molecule has 1 amide bonds. The van der Waals surface area contributed by atoms with Gasteiger partial charge < -0.3 is 4.74 Å². The van der Waals surface area contributed by atoms with Crippen molar-refractivity contribution >= 4 is 23.3 Å². The van der Waals surface area contributed by atoms with Gasteiger partial charge in [0.15, 0.2) is 5.76 Å². The molecule has 0 atom stereocenters. The Bertz CT molecular complexity index is 621. The van der Waals surface area contributed by atoms with E-state index >= 15 is 0 Å². The van der Waals surface area contributed by atoms with Crippen LogP contribution in [0.15, 0.2) is 46.8 Å². The molecular weight excluding hydrogens is 294 g/mol. The Morgan fingerprint density at radius 3 is 2.73 bits per heavy atom. The molecule has 118 valence electrons. The van der Waals surface area contributed by atoms with Crippen LogP contribution < -0.4 is 5.32 Å². The fraction of sp³-hybridized carbons (Fsp3) is 0.444. The third-order valence-electron chi connectivity index (χ3n) is 4.19. The van der Waals surface area contributed by atoms with Gasteiger partial charge >= 0.3 is 0 Å². The van der Waals surface area contributed by atoms with Gasteiger partial charge in [-0.05, 0) is 62.4 Å². The van der Waals surface area contributed by atoms with Crippen molar-refractivity contribution in [2.75, 3.05) is 0 Å². The number of ether oxygens (including phenoxy) is 1. The van der Waals surface area contributed by atoms with Gasteiger partial charge in [-0.3, -0.25) is 10.1 Å². The van der Waals surface area contributed by atoms with Crippen LogP contribution in [0.1, 0.15) is 47.0 Å². The number of hydrogen-bond donors (Lipinski definition) is 1. The minimum atomic E-state index is -0.287. The first-order valence-electron chi connectivity index (χ1n) is 7.59. The van der Waals surface area contributed by atoms with Crippen molar-refractivity contribution in [1.29, 1.82) is 0 Å². The quantitative estimate of drug-likeness (QED) is 0.478. The van der Waals surface area contributed by atoms with Gasteiger partial charge in [0.2, 0.25) is 0 Å². The van der Waals surface area contributed by atoms with Crippen LogP contribution in [0.5, 0.6) is 0 Å². The number of rotatable bonds is 3. The summed E-state index contributed by atoms with van der Waals surface area (Å²) in [4.78, 5) is 11.5. The molecule has 0 bridgehead atoms.